The summed E-state index contributed by atoms with van der Waals surface area (Å²) in [6.07, 6.45) is 1.59. The number of amides is 1. The van der Waals surface area contributed by atoms with Gasteiger partial charge in [-0.05, 0) is 38.0 Å². The standard InChI is InChI=1S/C15H24N2O2/c1-4-7-14(16)15(19)17(5-2)11(3)12-8-6-9-13(18)10-12/h6,8-11,14,18H,4-5,7,16H2,1-3H3/t11?,14-/m1/s1. The van der Waals surface area contributed by atoms with E-state index in [4.69, 9.17) is 5.73 Å². The minimum Gasteiger partial charge on any atom is -0.508 e. The molecule has 1 aromatic rings. The summed E-state index contributed by atoms with van der Waals surface area (Å²) in [5.74, 6) is 0.186. The van der Waals surface area contributed by atoms with Crippen LogP contribution in [0.3, 0.4) is 0 Å². The van der Waals surface area contributed by atoms with Gasteiger partial charge in [0.1, 0.15) is 5.75 Å². The zero-order chi connectivity index (χ0) is 14.4. The highest BCUT2D eigenvalue weighted by atomic mass is 16.3. The molecule has 1 unspecified atom stereocenters. The van der Waals surface area contributed by atoms with Crippen LogP contribution in [-0.2, 0) is 4.79 Å². The SMILES string of the molecule is CCC[C@@H](N)C(=O)N(CC)C(C)c1cccc(O)c1. The van der Waals surface area contributed by atoms with Gasteiger partial charge in [-0.1, -0.05) is 25.5 Å². The molecule has 0 bridgehead atoms. The molecule has 4 heteroatoms. The summed E-state index contributed by atoms with van der Waals surface area (Å²) in [4.78, 5) is 14.1. The molecule has 1 rings (SSSR count). The number of carbonyl (C=O) groups is 1. The molecule has 3 N–H and O–H groups in total. The molecular weight excluding hydrogens is 240 g/mol. The van der Waals surface area contributed by atoms with Crippen molar-refractivity contribution in [2.45, 2.75) is 45.7 Å². The molecule has 0 heterocycles. The molecule has 0 aliphatic heterocycles. The second-order valence-electron chi connectivity index (χ2n) is 4.79. The van der Waals surface area contributed by atoms with Crippen LogP contribution in [0, 0.1) is 0 Å². The molecule has 1 amide bonds. The van der Waals surface area contributed by atoms with Crippen molar-refractivity contribution in [1.29, 1.82) is 0 Å². The lowest BCUT2D eigenvalue weighted by molar-refractivity contribution is -0.134. The fourth-order valence-corrected chi connectivity index (χ4v) is 2.23. The lowest BCUT2D eigenvalue weighted by Crippen LogP contribution is -2.44. The number of likely N-dealkylation sites (N-methyl/N-ethyl adjacent to an activating group) is 1. The van der Waals surface area contributed by atoms with Crippen molar-refractivity contribution in [2.75, 3.05) is 6.54 Å². The zero-order valence-corrected chi connectivity index (χ0v) is 12.0. The van der Waals surface area contributed by atoms with E-state index in [0.29, 0.717) is 13.0 Å². The summed E-state index contributed by atoms with van der Waals surface area (Å²) in [5.41, 5.74) is 6.83. The predicted molar refractivity (Wildman–Crippen MR) is 76.8 cm³/mol. The third-order valence-corrected chi connectivity index (χ3v) is 3.36. The van der Waals surface area contributed by atoms with E-state index in [0.717, 1.165) is 12.0 Å². The van der Waals surface area contributed by atoms with E-state index in [2.05, 4.69) is 0 Å². The molecule has 0 spiro atoms. The monoisotopic (exact) mass is 264 g/mol. The Balaban J connectivity index is 2.87. The van der Waals surface area contributed by atoms with Crippen LogP contribution in [0.5, 0.6) is 5.75 Å². The van der Waals surface area contributed by atoms with Gasteiger partial charge in [0.15, 0.2) is 0 Å². The van der Waals surface area contributed by atoms with Gasteiger partial charge in [-0.15, -0.1) is 0 Å². The van der Waals surface area contributed by atoms with Gasteiger partial charge in [-0.2, -0.15) is 0 Å². The topological polar surface area (TPSA) is 66.6 Å². The predicted octanol–water partition coefficient (Wildman–Crippen LogP) is 2.43. The van der Waals surface area contributed by atoms with Crippen molar-refractivity contribution in [2.24, 2.45) is 5.73 Å². The lowest BCUT2D eigenvalue weighted by atomic mass is 10.0. The van der Waals surface area contributed by atoms with Gasteiger partial charge in [-0.3, -0.25) is 4.79 Å². The van der Waals surface area contributed by atoms with Gasteiger partial charge in [0, 0.05) is 6.54 Å². The van der Waals surface area contributed by atoms with Crippen molar-refractivity contribution in [1.82, 2.24) is 4.90 Å². The number of rotatable bonds is 6. The molecule has 0 fully saturated rings. The Hall–Kier alpha value is -1.55. The Morgan fingerprint density at radius 2 is 2.11 bits per heavy atom. The molecule has 0 aliphatic carbocycles. The number of aromatic hydroxyl groups is 1. The highest BCUT2D eigenvalue weighted by Gasteiger charge is 2.24. The number of nitrogens with two attached hydrogens (primary N) is 1. The zero-order valence-electron chi connectivity index (χ0n) is 12.0. The quantitative estimate of drug-likeness (QED) is 0.829. The summed E-state index contributed by atoms with van der Waals surface area (Å²) < 4.78 is 0. The molecule has 106 valence electrons. The summed E-state index contributed by atoms with van der Waals surface area (Å²) >= 11 is 0. The largest absolute Gasteiger partial charge is 0.508 e. The van der Waals surface area contributed by atoms with Crippen molar-refractivity contribution in [3.8, 4) is 5.75 Å². The van der Waals surface area contributed by atoms with Crippen LogP contribution in [0.25, 0.3) is 0 Å². The number of nitrogens with zero attached hydrogens (tertiary/aromatic N) is 1. The molecule has 19 heavy (non-hydrogen) atoms. The lowest BCUT2D eigenvalue weighted by Gasteiger charge is -2.30. The summed E-state index contributed by atoms with van der Waals surface area (Å²) in [5, 5.41) is 9.52. The first-order valence-corrected chi connectivity index (χ1v) is 6.86. The molecule has 2 atom stereocenters. The van der Waals surface area contributed by atoms with E-state index in [1.807, 2.05) is 26.8 Å². The normalized spacial score (nSPS) is 13.9. The molecule has 0 saturated heterocycles. The Morgan fingerprint density at radius 3 is 2.63 bits per heavy atom. The molecule has 1 aromatic carbocycles. The average Bonchev–Trinajstić information content (AvgIpc) is 2.39. The van der Waals surface area contributed by atoms with Crippen molar-refractivity contribution in [3.63, 3.8) is 0 Å². The molecule has 0 radical (unpaired) electrons. The first-order chi connectivity index (χ1) is 9.01. The molecule has 0 aromatic heterocycles. The molecule has 4 nitrogen and oxygen atoms in total. The number of carbonyl (C=O) groups excluding carboxylic acids is 1. The minimum absolute atomic E-state index is 0.0276. The van der Waals surface area contributed by atoms with Crippen LogP contribution in [0.1, 0.15) is 45.2 Å². The Bertz CT molecular complexity index is 420. The number of hydrogen-bond acceptors (Lipinski definition) is 3. The second-order valence-corrected chi connectivity index (χ2v) is 4.79. The van der Waals surface area contributed by atoms with Crippen LogP contribution in [0.4, 0.5) is 0 Å². The fourth-order valence-electron chi connectivity index (χ4n) is 2.23. The van der Waals surface area contributed by atoms with Crippen LogP contribution < -0.4 is 5.73 Å². The van der Waals surface area contributed by atoms with Crippen molar-refractivity contribution >= 4 is 5.91 Å². The third kappa shape index (κ3) is 3.96. The van der Waals surface area contributed by atoms with Gasteiger partial charge in [0.25, 0.3) is 0 Å². The fraction of sp³-hybridized carbons (Fsp3) is 0.533. The van der Waals surface area contributed by atoms with E-state index < -0.39 is 6.04 Å². The summed E-state index contributed by atoms with van der Waals surface area (Å²) in [6.45, 7) is 6.51. The maximum Gasteiger partial charge on any atom is 0.239 e. The van der Waals surface area contributed by atoms with Gasteiger partial charge < -0.3 is 15.7 Å². The molecular formula is C15H24N2O2. The van der Waals surface area contributed by atoms with E-state index in [-0.39, 0.29) is 17.7 Å². The maximum absolute atomic E-state index is 12.3. The van der Waals surface area contributed by atoms with Crippen LogP contribution in [0.2, 0.25) is 0 Å². The first kappa shape index (κ1) is 15.5. The van der Waals surface area contributed by atoms with E-state index in [1.165, 1.54) is 0 Å². The highest BCUT2D eigenvalue weighted by Crippen LogP contribution is 2.24. The highest BCUT2D eigenvalue weighted by molar-refractivity contribution is 5.82. The van der Waals surface area contributed by atoms with Crippen molar-refractivity contribution in [3.05, 3.63) is 29.8 Å². The Labute approximate surface area is 115 Å². The van der Waals surface area contributed by atoms with Crippen LogP contribution in [0.15, 0.2) is 24.3 Å². The van der Waals surface area contributed by atoms with Crippen molar-refractivity contribution < 1.29 is 9.90 Å². The van der Waals surface area contributed by atoms with Gasteiger partial charge in [0.2, 0.25) is 5.91 Å². The number of benzene rings is 1. The Kier molecular flexibility index (Phi) is 5.83. The van der Waals surface area contributed by atoms with E-state index >= 15 is 0 Å². The Morgan fingerprint density at radius 1 is 1.42 bits per heavy atom. The number of phenolic OH excluding ortho intramolecular Hbond substituents is 1. The summed E-state index contributed by atoms with van der Waals surface area (Å²) in [7, 11) is 0. The van der Waals surface area contributed by atoms with Gasteiger partial charge in [-0.25, -0.2) is 0 Å². The second kappa shape index (κ2) is 7.14. The number of phenols is 1. The van der Waals surface area contributed by atoms with Crippen LogP contribution in [-0.4, -0.2) is 28.5 Å². The third-order valence-electron chi connectivity index (χ3n) is 3.36. The minimum atomic E-state index is -0.440. The van der Waals surface area contributed by atoms with Gasteiger partial charge in [0.05, 0.1) is 12.1 Å². The molecule has 0 aliphatic rings. The number of hydrogen-bond donors (Lipinski definition) is 2. The first-order valence-electron chi connectivity index (χ1n) is 6.86. The maximum atomic E-state index is 12.3. The van der Waals surface area contributed by atoms with Gasteiger partial charge >= 0.3 is 0 Å². The van der Waals surface area contributed by atoms with E-state index in [9.17, 15) is 9.90 Å². The molecule has 0 saturated carbocycles. The smallest absolute Gasteiger partial charge is 0.239 e. The average molecular weight is 264 g/mol. The summed E-state index contributed by atoms with van der Waals surface area (Å²) in [6, 6.07) is 6.47. The van der Waals surface area contributed by atoms with E-state index in [1.54, 1.807) is 23.1 Å². The van der Waals surface area contributed by atoms with Crippen LogP contribution >= 0.6 is 0 Å².